The number of aromatic nitrogens is 4. The number of ether oxygens (including phenoxy) is 3. The third kappa shape index (κ3) is 9.32. The lowest BCUT2D eigenvalue weighted by Crippen LogP contribution is -2.12. The summed E-state index contributed by atoms with van der Waals surface area (Å²) in [6, 6.07) is 27.5. The molecule has 1 N–H and O–H groups in total. The molecule has 15 heteroatoms. The summed E-state index contributed by atoms with van der Waals surface area (Å²) in [5.74, 6) is 0.745. The van der Waals surface area contributed by atoms with Gasteiger partial charge in [-0.2, -0.15) is 5.10 Å². The Balaban J connectivity index is 1.22. The van der Waals surface area contributed by atoms with Crippen molar-refractivity contribution in [2.45, 2.75) is 45.2 Å². The zero-order valence-corrected chi connectivity index (χ0v) is 34.9. The zero-order chi connectivity index (χ0) is 41.9. The van der Waals surface area contributed by atoms with Crippen LogP contribution in [0.3, 0.4) is 0 Å². The molecule has 3 heterocycles. The van der Waals surface area contributed by atoms with Gasteiger partial charge in [0, 0.05) is 46.6 Å². The SMILES string of the molecule is COc1ccc(COCCCOc2ccc(-c3cnc4c(c3)c(-c3c(C)nn(Cc5cccc(F)c5)c3C)cn4S(=O)(=O)c3ccc(C)cc3)cc2NS(C)(=O)=O)cc1. The molecule has 7 rings (SSSR count). The van der Waals surface area contributed by atoms with Crippen LogP contribution in [0.25, 0.3) is 33.3 Å². The Morgan fingerprint density at radius 2 is 1.59 bits per heavy atom. The summed E-state index contributed by atoms with van der Waals surface area (Å²) in [4.78, 5) is 4.82. The van der Waals surface area contributed by atoms with E-state index in [0.29, 0.717) is 65.3 Å². The second-order valence-electron chi connectivity index (χ2n) is 14.3. The van der Waals surface area contributed by atoms with E-state index in [1.54, 1.807) is 72.7 Å². The number of nitrogens with zero attached hydrogens (tertiary/aromatic N) is 4. The van der Waals surface area contributed by atoms with E-state index >= 15 is 0 Å². The summed E-state index contributed by atoms with van der Waals surface area (Å²) in [5.41, 5.74) is 6.95. The van der Waals surface area contributed by atoms with Crippen molar-refractivity contribution in [1.29, 1.82) is 0 Å². The highest BCUT2D eigenvalue weighted by Gasteiger charge is 2.26. The average Bonchev–Trinajstić information content (AvgIpc) is 3.71. The highest BCUT2D eigenvalue weighted by atomic mass is 32.2. The monoisotopic (exact) mass is 837 g/mol. The lowest BCUT2D eigenvalue weighted by Gasteiger charge is -2.14. The Labute approximate surface area is 343 Å². The van der Waals surface area contributed by atoms with Crippen LogP contribution in [0.15, 0.2) is 114 Å². The van der Waals surface area contributed by atoms with Crippen molar-refractivity contribution in [2.24, 2.45) is 0 Å². The first kappa shape index (κ1) is 41.1. The molecule has 0 spiro atoms. The molecule has 12 nitrogen and oxygen atoms in total. The molecule has 59 heavy (non-hydrogen) atoms. The van der Waals surface area contributed by atoms with E-state index in [-0.39, 0.29) is 28.7 Å². The van der Waals surface area contributed by atoms with Crippen LogP contribution >= 0.6 is 0 Å². The minimum atomic E-state index is -4.11. The maximum absolute atomic E-state index is 14.2. The number of methoxy groups -OCH3 is 1. The molecule has 0 unspecified atom stereocenters. The van der Waals surface area contributed by atoms with Gasteiger partial charge in [-0.3, -0.25) is 9.40 Å². The quantitative estimate of drug-likeness (QED) is 0.0952. The topological polar surface area (TPSA) is 144 Å². The fourth-order valence-electron chi connectivity index (χ4n) is 6.86. The van der Waals surface area contributed by atoms with Crippen LogP contribution in [-0.2, 0) is 37.9 Å². The highest BCUT2D eigenvalue weighted by molar-refractivity contribution is 7.92. The maximum atomic E-state index is 14.2. The van der Waals surface area contributed by atoms with Gasteiger partial charge in [0.15, 0.2) is 5.65 Å². The Hall–Kier alpha value is -6.03. The van der Waals surface area contributed by atoms with Gasteiger partial charge in [-0.1, -0.05) is 48.0 Å². The summed E-state index contributed by atoms with van der Waals surface area (Å²) >= 11 is 0. The van der Waals surface area contributed by atoms with Crippen LogP contribution in [0, 0.1) is 26.6 Å². The number of rotatable bonds is 16. The number of pyridine rings is 1. The van der Waals surface area contributed by atoms with E-state index < -0.39 is 20.0 Å². The minimum Gasteiger partial charge on any atom is -0.497 e. The summed E-state index contributed by atoms with van der Waals surface area (Å²) in [7, 11) is -6.19. The third-order valence-corrected chi connectivity index (χ3v) is 12.0. The number of fused-ring (bicyclic) bond motifs is 1. The first-order chi connectivity index (χ1) is 28.2. The molecular formula is C44H44FN5O7S2. The normalized spacial score (nSPS) is 11.9. The van der Waals surface area contributed by atoms with Crippen molar-refractivity contribution in [3.63, 3.8) is 0 Å². The Kier molecular flexibility index (Phi) is 11.9. The van der Waals surface area contributed by atoms with Crippen LogP contribution in [0.2, 0.25) is 0 Å². The van der Waals surface area contributed by atoms with Crippen molar-refractivity contribution in [1.82, 2.24) is 18.7 Å². The molecule has 0 fully saturated rings. The summed E-state index contributed by atoms with van der Waals surface area (Å²) in [6.45, 7) is 7.03. The van der Waals surface area contributed by atoms with Crippen molar-refractivity contribution in [2.75, 3.05) is 31.3 Å². The number of nitrogens with one attached hydrogen (secondary N) is 1. The van der Waals surface area contributed by atoms with Crippen LogP contribution in [-0.4, -0.2) is 62.2 Å². The number of hydrogen-bond acceptors (Lipinski definition) is 9. The van der Waals surface area contributed by atoms with Gasteiger partial charge in [0.2, 0.25) is 10.0 Å². The van der Waals surface area contributed by atoms with Crippen LogP contribution in [0.1, 0.15) is 34.5 Å². The number of aryl methyl sites for hydroxylation is 2. The molecule has 0 radical (unpaired) electrons. The molecule has 0 bridgehead atoms. The molecule has 0 atom stereocenters. The van der Waals surface area contributed by atoms with Crippen molar-refractivity contribution in [3.8, 4) is 33.8 Å². The predicted octanol–water partition coefficient (Wildman–Crippen LogP) is 8.28. The lowest BCUT2D eigenvalue weighted by atomic mass is 10.0. The van der Waals surface area contributed by atoms with Gasteiger partial charge in [-0.15, -0.1) is 0 Å². The molecular weight excluding hydrogens is 794 g/mol. The summed E-state index contributed by atoms with van der Waals surface area (Å²) in [5, 5.41) is 5.31. The maximum Gasteiger partial charge on any atom is 0.269 e. The largest absolute Gasteiger partial charge is 0.497 e. The number of anilines is 1. The smallest absolute Gasteiger partial charge is 0.269 e. The van der Waals surface area contributed by atoms with Gasteiger partial charge in [0.05, 0.1) is 56.0 Å². The van der Waals surface area contributed by atoms with Crippen molar-refractivity contribution < 1.29 is 35.4 Å². The van der Waals surface area contributed by atoms with Crippen LogP contribution in [0.5, 0.6) is 11.5 Å². The molecule has 3 aromatic heterocycles. The average molecular weight is 838 g/mol. The minimum absolute atomic E-state index is 0.101. The van der Waals surface area contributed by atoms with E-state index in [1.165, 1.54) is 16.1 Å². The third-order valence-electron chi connectivity index (χ3n) is 9.79. The van der Waals surface area contributed by atoms with Crippen molar-refractivity contribution >= 4 is 36.8 Å². The molecule has 0 aliphatic rings. The molecule has 0 aliphatic carbocycles. The molecule has 7 aromatic rings. The molecule has 0 saturated heterocycles. The van der Waals surface area contributed by atoms with Gasteiger partial charge in [-0.25, -0.2) is 30.2 Å². The van der Waals surface area contributed by atoms with E-state index in [4.69, 9.17) is 24.3 Å². The molecule has 4 aromatic carbocycles. The summed E-state index contributed by atoms with van der Waals surface area (Å²) in [6.07, 6.45) is 4.74. The van der Waals surface area contributed by atoms with Gasteiger partial charge in [-0.05, 0) is 92.1 Å². The second kappa shape index (κ2) is 17.1. The Bertz CT molecular complexity index is 2860. The summed E-state index contributed by atoms with van der Waals surface area (Å²) < 4.78 is 90.1. The Morgan fingerprint density at radius 1 is 0.831 bits per heavy atom. The van der Waals surface area contributed by atoms with Crippen LogP contribution < -0.4 is 14.2 Å². The standard InChI is InChI=1S/C44H44FN5O7S2/c1-29-10-17-38(18-11-29)59(53,54)50-27-40(43-30(2)47-49(31(43)3)26-33-8-6-9-36(45)22-33)39-23-35(25-46-44(39)50)34-14-19-42(41(24-34)48-58(5,51)52)57-21-7-20-56-28-32-12-15-37(55-4)16-13-32/h6,8-19,22-25,27,48H,7,20-21,26,28H2,1-5H3. The second-order valence-corrected chi connectivity index (χ2v) is 17.8. The van der Waals surface area contributed by atoms with Gasteiger partial charge in [0.1, 0.15) is 17.3 Å². The number of hydrogen-bond donors (Lipinski definition) is 1. The fourth-order valence-corrected chi connectivity index (χ4v) is 8.75. The van der Waals surface area contributed by atoms with Gasteiger partial charge in [0.25, 0.3) is 10.0 Å². The fraction of sp³-hybridized carbons (Fsp3) is 0.227. The van der Waals surface area contributed by atoms with Gasteiger partial charge < -0.3 is 14.2 Å². The van der Waals surface area contributed by atoms with Crippen molar-refractivity contribution in [3.05, 3.63) is 143 Å². The molecule has 306 valence electrons. The van der Waals surface area contributed by atoms with Crippen LogP contribution in [0.4, 0.5) is 10.1 Å². The van der Waals surface area contributed by atoms with E-state index in [1.807, 2.05) is 57.2 Å². The lowest BCUT2D eigenvalue weighted by molar-refractivity contribution is 0.107. The molecule has 0 amide bonds. The number of benzene rings is 4. The van der Waals surface area contributed by atoms with E-state index in [0.717, 1.165) is 34.4 Å². The first-order valence-electron chi connectivity index (χ1n) is 18.8. The van der Waals surface area contributed by atoms with E-state index in [2.05, 4.69) is 4.72 Å². The van der Waals surface area contributed by atoms with E-state index in [9.17, 15) is 21.2 Å². The predicted molar refractivity (Wildman–Crippen MR) is 226 cm³/mol. The molecule has 0 aliphatic heterocycles. The highest BCUT2D eigenvalue weighted by Crippen LogP contribution is 2.39. The first-order valence-corrected chi connectivity index (χ1v) is 22.1. The Morgan fingerprint density at radius 3 is 2.31 bits per heavy atom. The number of halogens is 1. The zero-order valence-electron chi connectivity index (χ0n) is 33.3. The molecule has 0 saturated carbocycles. The van der Waals surface area contributed by atoms with Gasteiger partial charge >= 0.3 is 0 Å². The number of sulfonamides is 1.